The van der Waals surface area contributed by atoms with Crippen molar-refractivity contribution in [1.82, 2.24) is 5.32 Å². The molecule has 2 rings (SSSR count). The lowest BCUT2D eigenvalue weighted by Crippen LogP contribution is -2.38. The van der Waals surface area contributed by atoms with E-state index in [1.807, 2.05) is 0 Å². The van der Waals surface area contributed by atoms with E-state index in [1.165, 1.54) is 51.4 Å². The fourth-order valence-corrected chi connectivity index (χ4v) is 3.82. The van der Waals surface area contributed by atoms with Crippen molar-refractivity contribution in [2.24, 2.45) is 23.5 Å². The van der Waals surface area contributed by atoms with Crippen molar-refractivity contribution >= 4 is 5.91 Å². The van der Waals surface area contributed by atoms with E-state index in [0.717, 1.165) is 18.9 Å². The summed E-state index contributed by atoms with van der Waals surface area (Å²) < 4.78 is 0. The molecular weight excluding hydrogens is 236 g/mol. The van der Waals surface area contributed by atoms with Crippen LogP contribution in [0.1, 0.15) is 64.7 Å². The molecule has 2 saturated carbocycles. The zero-order chi connectivity index (χ0) is 13.7. The minimum absolute atomic E-state index is 0.274. The maximum Gasteiger partial charge on any atom is 0.220 e. The Morgan fingerprint density at radius 2 is 1.68 bits per heavy atom. The molecule has 0 aliphatic heterocycles. The van der Waals surface area contributed by atoms with Crippen LogP contribution in [-0.4, -0.2) is 18.5 Å². The third-order valence-electron chi connectivity index (χ3n) is 5.27. The number of amides is 1. The summed E-state index contributed by atoms with van der Waals surface area (Å²) in [6.07, 6.45) is 10.8. The van der Waals surface area contributed by atoms with E-state index < -0.39 is 0 Å². The molecule has 3 N–H and O–H groups in total. The normalized spacial score (nSPS) is 30.2. The highest BCUT2D eigenvalue weighted by atomic mass is 16.1. The zero-order valence-corrected chi connectivity index (χ0v) is 12.4. The van der Waals surface area contributed by atoms with Crippen LogP contribution in [0.5, 0.6) is 0 Å². The molecule has 3 heteroatoms. The Balaban J connectivity index is 1.66. The molecule has 0 heterocycles. The number of rotatable bonds is 5. The van der Waals surface area contributed by atoms with Gasteiger partial charge in [-0.05, 0) is 69.7 Å². The average molecular weight is 266 g/mol. The monoisotopic (exact) mass is 266 g/mol. The molecule has 0 spiro atoms. The van der Waals surface area contributed by atoms with E-state index in [2.05, 4.69) is 12.2 Å². The van der Waals surface area contributed by atoms with Gasteiger partial charge in [0, 0.05) is 12.5 Å². The highest BCUT2D eigenvalue weighted by molar-refractivity contribution is 5.76. The second kappa shape index (κ2) is 7.28. The zero-order valence-electron chi connectivity index (χ0n) is 12.4. The van der Waals surface area contributed by atoms with Gasteiger partial charge in [-0.3, -0.25) is 4.79 Å². The van der Waals surface area contributed by atoms with Gasteiger partial charge in [0.15, 0.2) is 0 Å². The van der Waals surface area contributed by atoms with Crippen molar-refractivity contribution < 1.29 is 4.79 Å². The van der Waals surface area contributed by atoms with Crippen molar-refractivity contribution in [3.05, 3.63) is 0 Å². The van der Waals surface area contributed by atoms with E-state index in [4.69, 9.17) is 5.73 Å². The van der Waals surface area contributed by atoms with Crippen LogP contribution >= 0.6 is 0 Å². The molecule has 0 radical (unpaired) electrons. The summed E-state index contributed by atoms with van der Waals surface area (Å²) in [6, 6.07) is 0.371. The third kappa shape index (κ3) is 4.48. The molecule has 0 aromatic heterocycles. The summed E-state index contributed by atoms with van der Waals surface area (Å²) >= 11 is 0. The Bertz CT molecular complexity index is 278. The first-order valence-electron chi connectivity index (χ1n) is 8.18. The summed E-state index contributed by atoms with van der Waals surface area (Å²) in [7, 11) is 0. The summed E-state index contributed by atoms with van der Waals surface area (Å²) in [4.78, 5) is 12.1. The molecule has 1 unspecified atom stereocenters. The highest BCUT2D eigenvalue weighted by Gasteiger charge is 2.25. The SMILES string of the molecule is CC(NC(=O)CC1CCC(CN)CC1)C1CCCC1. The van der Waals surface area contributed by atoms with Crippen molar-refractivity contribution in [2.45, 2.75) is 70.8 Å². The van der Waals surface area contributed by atoms with Crippen LogP contribution in [0.3, 0.4) is 0 Å². The van der Waals surface area contributed by atoms with Gasteiger partial charge < -0.3 is 11.1 Å². The van der Waals surface area contributed by atoms with Gasteiger partial charge in [0.1, 0.15) is 0 Å². The van der Waals surface area contributed by atoms with Crippen LogP contribution in [0.4, 0.5) is 0 Å². The lowest BCUT2D eigenvalue weighted by Gasteiger charge is -2.28. The fraction of sp³-hybridized carbons (Fsp3) is 0.938. The Kier molecular flexibility index (Phi) is 5.68. The number of hydrogen-bond acceptors (Lipinski definition) is 2. The largest absolute Gasteiger partial charge is 0.353 e. The second-order valence-electron chi connectivity index (χ2n) is 6.73. The first-order valence-corrected chi connectivity index (χ1v) is 8.18. The van der Waals surface area contributed by atoms with Gasteiger partial charge in [0.2, 0.25) is 5.91 Å². The number of hydrogen-bond donors (Lipinski definition) is 2. The Labute approximate surface area is 117 Å². The smallest absolute Gasteiger partial charge is 0.220 e. The fourth-order valence-electron chi connectivity index (χ4n) is 3.82. The van der Waals surface area contributed by atoms with Gasteiger partial charge in [-0.2, -0.15) is 0 Å². The average Bonchev–Trinajstić information content (AvgIpc) is 2.93. The number of carbonyl (C=O) groups excluding carboxylic acids is 1. The molecule has 0 saturated heterocycles. The predicted octanol–water partition coefficient (Wildman–Crippen LogP) is 2.84. The molecule has 1 amide bonds. The Morgan fingerprint density at radius 3 is 2.26 bits per heavy atom. The molecule has 0 aromatic carbocycles. The standard InChI is InChI=1S/C16H30N2O/c1-12(15-4-2-3-5-15)18-16(19)10-13-6-8-14(11-17)9-7-13/h12-15H,2-11,17H2,1H3,(H,18,19). The van der Waals surface area contributed by atoms with Gasteiger partial charge >= 0.3 is 0 Å². The van der Waals surface area contributed by atoms with Crippen molar-refractivity contribution in [3.8, 4) is 0 Å². The molecule has 2 aliphatic carbocycles. The van der Waals surface area contributed by atoms with Crippen LogP contribution in [0.2, 0.25) is 0 Å². The van der Waals surface area contributed by atoms with Crippen molar-refractivity contribution in [2.75, 3.05) is 6.54 Å². The molecule has 0 aromatic rings. The lowest BCUT2D eigenvalue weighted by atomic mass is 9.80. The predicted molar refractivity (Wildman–Crippen MR) is 78.7 cm³/mol. The van der Waals surface area contributed by atoms with E-state index in [9.17, 15) is 4.79 Å². The molecule has 1 atom stereocenters. The molecule has 0 bridgehead atoms. The van der Waals surface area contributed by atoms with Crippen molar-refractivity contribution in [3.63, 3.8) is 0 Å². The van der Waals surface area contributed by atoms with E-state index >= 15 is 0 Å². The molecule has 3 nitrogen and oxygen atoms in total. The van der Waals surface area contributed by atoms with Crippen LogP contribution in [-0.2, 0) is 4.79 Å². The Hall–Kier alpha value is -0.570. The van der Waals surface area contributed by atoms with Gasteiger partial charge in [-0.1, -0.05) is 12.8 Å². The summed E-state index contributed by atoms with van der Waals surface area (Å²) in [5.41, 5.74) is 5.71. The Morgan fingerprint density at radius 1 is 1.11 bits per heavy atom. The van der Waals surface area contributed by atoms with Crippen LogP contribution < -0.4 is 11.1 Å². The van der Waals surface area contributed by atoms with Gasteiger partial charge in [-0.15, -0.1) is 0 Å². The van der Waals surface area contributed by atoms with E-state index in [0.29, 0.717) is 17.9 Å². The first kappa shape index (κ1) is 14.8. The number of nitrogens with two attached hydrogens (primary N) is 1. The lowest BCUT2D eigenvalue weighted by molar-refractivity contribution is -0.123. The summed E-state index contributed by atoms with van der Waals surface area (Å²) in [5.74, 6) is 2.29. The minimum Gasteiger partial charge on any atom is -0.353 e. The highest BCUT2D eigenvalue weighted by Crippen LogP contribution is 2.31. The second-order valence-corrected chi connectivity index (χ2v) is 6.73. The van der Waals surface area contributed by atoms with Gasteiger partial charge in [0.05, 0.1) is 0 Å². The first-order chi connectivity index (χ1) is 9.19. The number of carbonyl (C=O) groups is 1. The summed E-state index contributed by atoms with van der Waals surface area (Å²) in [5, 5.41) is 3.23. The summed E-state index contributed by atoms with van der Waals surface area (Å²) in [6.45, 7) is 3.00. The van der Waals surface area contributed by atoms with Crippen molar-refractivity contribution in [1.29, 1.82) is 0 Å². The van der Waals surface area contributed by atoms with Gasteiger partial charge in [-0.25, -0.2) is 0 Å². The molecule has 110 valence electrons. The van der Waals surface area contributed by atoms with E-state index in [-0.39, 0.29) is 5.91 Å². The molecule has 2 fully saturated rings. The molecular formula is C16H30N2O. The molecule has 19 heavy (non-hydrogen) atoms. The molecule has 2 aliphatic rings. The van der Waals surface area contributed by atoms with Gasteiger partial charge in [0.25, 0.3) is 0 Å². The minimum atomic E-state index is 0.274. The topological polar surface area (TPSA) is 55.1 Å². The van der Waals surface area contributed by atoms with Crippen LogP contribution in [0, 0.1) is 17.8 Å². The quantitative estimate of drug-likeness (QED) is 0.804. The third-order valence-corrected chi connectivity index (χ3v) is 5.27. The van der Waals surface area contributed by atoms with Crippen LogP contribution in [0.15, 0.2) is 0 Å². The maximum absolute atomic E-state index is 12.1. The van der Waals surface area contributed by atoms with Crippen LogP contribution in [0.25, 0.3) is 0 Å². The number of nitrogens with one attached hydrogen (secondary N) is 1. The maximum atomic E-state index is 12.1. The van der Waals surface area contributed by atoms with E-state index in [1.54, 1.807) is 0 Å².